The Labute approximate surface area is 496 Å². The minimum atomic E-state index is -0.491. The maximum Gasteiger partial charge on any atom is 0.362 e. The molecular formula is C72H94BO4P4+. The van der Waals surface area contributed by atoms with Crippen molar-refractivity contribution >= 4 is 84.3 Å². The van der Waals surface area contributed by atoms with Crippen LogP contribution in [0.1, 0.15) is 181 Å². The summed E-state index contributed by atoms with van der Waals surface area (Å²) in [7, 11) is 11.7. The fourth-order valence-electron chi connectivity index (χ4n) is 12.1. The van der Waals surface area contributed by atoms with Crippen molar-refractivity contribution in [3.8, 4) is 22.6 Å². The Morgan fingerprint density at radius 1 is 0.457 bits per heavy atom. The second-order valence-corrected chi connectivity index (χ2v) is 33.3. The SMILES string of the molecule is COc1c(C(C)(C)C)cc(Pc2cc(C(C)(C)C)c(OC)c(C(C)(C)C)c2)cc1C(C)(C)C.[B][PH+](C1CCCCC1)C1CCCCC1.c1ccc2c3c(ccc2c1)CPCc1ccc2ccccc2c1-3.c1coc(Pc2ccco2)c1. The van der Waals surface area contributed by atoms with Crippen LogP contribution in [0.3, 0.4) is 0 Å². The summed E-state index contributed by atoms with van der Waals surface area (Å²) in [6.07, 6.45) is 20.4. The summed E-state index contributed by atoms with van der Waals surface area (Å²) >= 11 is 0. The molecule has 2 radical (unpaired) electrons. The Morgan fingerprint density at radius 3 is 1.14 bits per heavy atom. The monoisotopic (exact) mass is 1160 g/mol. The number of furan rings is 2. The Bertz CT molecular complexity index is 3000. The molecule has 3 heterocycles. The summed E-state index contributed by atoms with van der Waals surface area (Å²) in [5.74, 6) is 2.06. The highest BCUT2D eigenvalue weighted by Gasteiger charge is 2.34. The summed E-state index contributed by atoms with van der Waals surface area (Å²) in [5.41, 5.74) is 14.9. The lowest BCUT2D eigenvalue weighted by atomic mass is 9.79. The van der Waals surface area contributed by atoms with Crippen molar-refractivity contribution in [1.29, 1.82) is 0 Å². The van der Waals surface area contributed by atoms with E-state index in [1.807, 2.05) is 24.3 Å². The third-order valence-electron chi connectivity index (χ3n) is 16.5. The van der Waals surface area contributed by atoms with Gasteiger partial charge in [-0.05, 0) is 196 Å². The average molecular weight is 1160 g/mol. The third-order valence-corrected chi connectivity index (χ3v) is 23.0. The van der Waals surface area contributed by atoms with Gasteiger partial charge in [0, 0.05) is 30.8 Å². The Hall–Kier alpha value is -4.22. The second kappa shape index (κ2) is 27.7. The van der Waals surface area contributed by atoms with Crippen LogP contribution in [0.5, 0.6) is 11.5 Å². The fraction of sp³-hybridized carbons (Fsp3) is 0.444. The highest BCUT2D eigenvalue weighted by atomic mass is 31.1. The summed E-state index contributed by atoms with van der Waals surface area (Å²) in [6.45, 7) is 27.2. The van der Waals surface area contributed by atoms with Gasteiger partial charge in [0.25, 0.3) is 0 Å². The molecular weight excluding hydrogens is 1060 g/mol. The number of hydrogen-bond donors (Lipinski definition) is 0. The molecule has 2 aliphatic carbocycles. The molecule has 8 aromatic rings. The molecule has 0 N–H and O–H groups in total. The van der Waals surface area contributed by atoms with Crippen molar-refractivity contribution in [2.75, 3.05) is 14.2 Å². The number of ether oxygens (including phenoxy) is 2. The van der Waals surface area contributed by atoms with E-state index in [1.54, 1.807) is 26.7 Å². The van der Waals surface area contributed by atoms with E-state index in [-0.39, 0.29) is 21.7 Å². The van der Waals surface area contributed by atoms with Crippen LogP contribution in [0.4, 0.5) is 0 Å². The number of hydrogen-bond acceptors (Lipinski definition) is 4. The zero-order valence-electron chi connectivity index (χ0n) is 51.6. The van der Waals surface area contributed by atoms with Crippen LogP contribution >= 0.6 is 33.5 Å². The largest absolute Gasteiger partial charge is 0.496 e. The molecule has 4 nitrogen and oxygen atoms in total. The van der Waals surface area contributed by atoms with Crippen LogP contribution in [0.25, 0.3) is 32.7 Å². The van der Waals surface area contributed by atoms with Gasteiger partial charge in [-0.2, -0.15) is 0 Å². The van der Waals surface area contributed by atoms with E-state index in [0.29, 0.717) is 17.2 Å². The molecule has 2 aromatic heterocycles. The lowest BCUT2D eigenvalue weighted by molar-refractivity contribution is 0.381. The van der Waals surface area contributed by atoms with E-state index in [9.17, 15) is 0 Å². The molecule has 1 aliphatic heterocycles. The Balaban J connectivity index is 0.000000153. The van der Waals surface area contributed by atoms with Crippen LogP contribution in [0, 0.1) is 0 Å². The normalized spacial score (nSPS) is 15.3. The predicted molar refractivity (Wildman–Crippen MR) is 364 cm³/mol. The number of methoxy groups -OCH3 is 2. The first-order chi connectivity index (χ1) is 38.5. The quantitative estimate of drug-likeness (QED) is 0.112. The highest BCUT2D eigenvalue weighted by Crippen LogP contribution is 2.52. The van der Waals surface area contributed by atoms with Crippen LogP contribution in [0.15, 0.2) is 143 Å². The van der Waals surface area contributed by atoms with Gasteiger partial charge in [0.1, 0.15) is 22.5 Å². The minimum absolute atomic E-state index is 0.00111. The number of benzene rings is 6. The van der Waals surface area contributed by atoms with Crippen LogP contribution in [0.2, 0.25) is 0 Å². The van der Waals surface area contributed by atoms with Gasteiger partial charge >= 0.3 is 7.57 Å². The molecule has 0 amide bonds. The lowest BCUT2D eigenvalue weighted by Crippen LogP contribution is -2.24. The zero-order chi connectivity index (χ0) is 58.1. The first kappa shape index (κ1) is 62.8. The molecule has 11 rings (SSSR count). The van der Waals surface area contributed by atoms with Crippen LogP contribution in [-0.4, -0.2) is 33.1 Å². The number of fused-ring (bicyclic) bond motifs is 7. The zero-order valence-corrected chi connectivity index (χ0v) is 55.6. The predicted octanol–water partition coefficient (Wildman–Crippen LogP) is 19.3. The van der Waals surface area contributed by atoms with Crippen LogP contribution < -0.4 is 31.1 Å². The molecule has 81 heavy (non-hydrogen) atoms. The van der Waals surface area contributed by atoms with E-state index >= 15 is 0 Å². The van der Waals surface area contributed by atoms with Gasteiger partial charge in [-0.1, -0.05) is 177 Å². The summed E-state index contributed by atoms with van der Waals surface area (Å²) in [6, 6.07) is 44.0. The maximum atomic E-state index is 6.52. The molecule has 428 valence electrons. The first-order valence-corrected chi connectivity index (χ1v) is 35.1. The minimum Gasteiger partial charge on any atom is -0.496 e. The molecule has 6 aromatic carbocycles. The van der Waals surface area contributed by atoms with E-state index in [0.717, 1.165) is 42.4 Å². The van der Waals surface area contributed by atoms with Gasteiger partial charge in [0.05, 0.1) is 38.1 Å². The molecule has 2 fully saturated rings. The standard InChI is InChI=1S/C30H47O2P.C22H17P.C12H23BP.C8H7O2P/c1-27(2,3)21-15-19(16-22(25(21)31-13)28(4,5)6)33-20-17-23(29(7,8)9)26(32-14)24(18-20)30(10,11)12;1-3-7-19-15(5-1)9-11-17-13-23-14-18-12-10-16-6-2-4-8-20(16)22(18)21(17)19;13-14(11-7-3-1-4-8-11)12-9-5-2-6-10-12;1-3-7(9-5-1)11-8-4-2-6-10-8/h15-18,33H,1-14H3;1-12,23H,13-14H2;11-12,14H,1-10H2;1-6,11H/q;;+1;. The van der Waals surface area contributed by atoms with Gasteiger partial charge in [-0.25, -0.2) is 0 Å². The van der Waals surface area contributed by atoms with Crippen molar-refractivity contribution in [3.05, 3.63) is 167 Å². The summed E-state index contributed by atoms with van der Waals surface area (Å²) in [4.78, 5) is 0. The van der Waals surface area contributed by atoms with Gasteiger partial charge in [-0.15, -0.1) is 8.58 Å². The van der Waals surface area contributed by atoms with E-state index < -0.39 is 7.80 Å². The number of rotatable bonds is 8. The Morgan fingerprint density at radius 2 is 0.815 bits per heavy atom. The molecule has 9 heteroatoms. The average Bonchev–Trinajstić information content (AvgIpc) is 4.31. The molecule has 0 saturated heterocycles. The lowest BCUT2D eigenvalue weighted by Gasteiger charge is -2.31. The van der Waals surface area contributed by atoms with Gasteiger partial charge < -0.3 is 18.3 Å². The maximum absolute atomic E-state index is 6.52. The van der Waals surface area contributed by atoms with Crippen molar-refractivity contribution < 1.29 is 18.3 Å². The van der Waals surface area contributed by atoms with E-state index in [2.05, 4.69) is 180 Å². The van der Waals surface area contributed by atoms with Crippen molar-refractivity contribution in [2.24, 2.45) is 0 Å². The molecule has 0 spiro atoms. The molecule has 0 bridgehead atoms. The fourth-order valence-corrected chi connectivity index (χ4v) is 18.2. The smallest absolute Gasteiger partial charge is 0.362 e. The van der Waals surface area contributed by atoms with Crippen LogP contribution in [-0.2, 0) is 34.0 Å². The molecule has 3 aliphatic rings. The van der Waals surface area contributed by atoms with Crippen molar-refractivity contribution in [3.63, 3.8) is 0 Å². The Kier molecular flexibility index (Phi) is 21.5. The van der Waals surface area contributed by atoms with Gasteiger partial charge in [0.2, 0.25) is 0 Å². The third kappa shape index (κ3) is 16.2. The van der Waals surface area contributed by atoms with Crippen molar-refractivity contribution in [2.45, 2.75) is 193 Å². The van der Waals surface area contributed by atoms with Crippen molar-refractivity contribution in [1.82, 2.24) is 0 Å². The van der Waals surface area contributed by atoms with Gasteiger partial charge in [0.15, 0.2) is 0 Å². The first-order valence-electron chi connectivity index (χ1n) is 30.0. The molecule has 0 unspecified atom stereocenters. The summed E-state index contributed by atoms with van der Waals surface area (Å²) < 4.78 is 22.3. The van der Waals surface area contributed by atoms with E-state index in [4.69, 9.17) is 25.9 Å². The second-order valence-electron chi connectivity index (χ2n) is 26.8. The molecule has 0 atom stereocenters. The summed E-state index contributed by atoms with van der Waals surface area (Å²) in [5, 5.41) is 8.19. The van der Waals surface area contributed by atoms with E-state index in [1.165, 1.54) is 153 Å². The highest BCUT2D eigenvalue weighted by molar-refractivity contribution is 7.83. The topological polar surface area (TPSA) is 44.7 Å². The molecule has 2 saturated carbocycles. The van der Waals surface area contributed by atoms with Gasteiger partial charge in [-0.3, -0.25) is 0 Å².